The molecule has 0 saturated carbocycles. The summed E-state index contributed by atoms with van der Waals surface area (Å²) < 4.78 is 26.5. The van der Waals surface area contributed by atoms with Crippen molar-refractivity contribution in [1.29, 1.82) is 0 Å². The molecule has 0 spiro atoms. The molecule has 1 N–H and O–H groups in total. The van der Waals surface area contributed by atoms with Crippen LogP contribution in [0.5, 0.6) is 0 Å². The average Bonchev–Trinajstić information content (AvgIpc) is 2.85. The van der Waals surface area contributed by atoms with Crippen molar-refractivity contribution < 1.29 is 18.5 Å². The number of benzene rings is 1. The molecule has 0 bridgehead atoms. The number of halogens is 2. The standard InChI is InChI=1S/C11H6F2N2O3S/c12-7-3-8(13)10(15(17)18)4-9(7)14-11(16)6-1-2-19-5-6/h1-5H,(H,14,16). The van der Waals surface area contributed by atoms with Crippen molar-refractivity contribution in [3.63, 3.8) is 0 Å². The van der Waals surface area contributed by atoms with Gasteiger partial charge in [0.2, 0.25) is 5.82 Å². The lowest BCUT2D eigenvalue weighted by molar-refractivity contribution is -0.387. The summed E-state index contributed by atoms with van der Waals surface area (Å²) in [5.74, 6) is -3.00. The van der Waals surface area contributed by atoms with E-state index in [1.54, 1.807) is 5.38 Å². The van der Waals surface area contributed by atoms with E-state index < -0.39 is 33.8 Å². The van der Waals surface area contributed by atoms with Crippen LogP contribution < -0.4 is 5.32 Å². The number of anilines is 1. The number of amides is 1. The number of nitrogens with one attached hydrogen (secondary N) is 1. The molecule has 5 nitrogen and oxygen atoms in total. The van der Waals surface area contributed by atoms with Crippen molar-refractivity contribution in [1.82, 2.24) is 0 Å². The maximum Gasteiger partial charge on any atom is 0.307 e. The molecular formula is C11H6F2N2O3S. The minimum Gasteiger partial charge on any atom is -0.319 e. The van der Waals surface area contributed by atoms with Gasteiger partial charge >= 0.3 is 5.69 Å². The molecule has 0 radical (unpaired) electrons. The fourth-order valence-electron chi connectivity index (χ4n) is 1.36. The largest absolute Gasteiger partial charge is 0.319 e. The number of nitro benzene ring substituents is 1. The first-order chi connectivity index (χ1) is 8.99. The Balaban J connectivity index is 2.32. The van der Waals surface area contributed by atoms with Crippen LogP contribution in [0.4, 0.5) is 20.2 Å². The minimum absolute atomic E-state index is 0.288. The molecule has 1 aromatic heterocycles. The van der Waals surface area contributed by atoms with E-state index in [0.29, 0.717) is 12.1 Å². The van der Waals surface area contributed by atoms with Gasteiger partial charge < -0.3 is 5.32 Å². The molecule has 1 amide bonds. The summed E-state index contributed by atoms with van der Waals surface area (Å²) in [5.41, 5.74) is -1.05. The first-order valence-electron chi connectivity index (χ1n) is 4.96. The minimum atomic E-state index is -1.30. The number of carbonyl (C=O) groups excluding carboxylic acids is 1. The van der Waals surface area contributed by atoms with Gasteiger partial charge in [-0.05, 0) is 11.4 Å². The van der Waals surface area contributed by atoms with Crippen LogP contribution in [0.1, 0.15) is 10.4 Å². The third-order valence-electron chi connectivity index (χ3n) is 2.26. The van der Waals surface area contributed by atoms with E-state index >= 15 is 0 Å². The predicted molar refractivity (Wildman–Crippen MR) is 65.3 cm³/mol. The zero-order chi connectivity index (χ0) is 14.0. The first kappa shape index (κ1) is 13.1. The molecule has 0 saturated heterocycles. The average molecular weight is 284 g/mol. The smallest absolute Gasteiger partial charge is 0.307 e. The summed E-state index contributed by atoms with van der Waals surface area (Å²) in [7, 11) is 0. The number of nitrogens with zero attached hydrogens (tertiary/aromatic N) is 1. The Bertz CT molecular complexity index is 644. The lowest BCUT2D eigenvalue weighted by Gasteiger charge is -2.05. The van der Waals surface area contributed by atoms with Crippen LogP contribution in [-0.2, 0) is 0 Å². The third-order valence-corrected chi connectivity index (χ3v) is 2.95. The summed E-state index contributed by atoms with van der Waals surface area (Å²) in [6.45, 7) is 0. The Hall–Kier alpha value is -2.35. The zero-order valence-corrected chi connectivity index (χ0v) is 10.0. The first-order valence-corrected chi connectivity index (χ1v) is 5.90. The van der Waals surface area contributed by atoms with E-state index in [1.807, 2.05) is 0 Å². The quantitative estimate of drug-likeness (QED) is 0.695. The lowest BCUT2D eigenvalue weighted by atomic mass is 10.2. The fraction of sp³-hybridized carbons (Fsp3) is 0. The fourth-order valence-corrected chi connectivity index (χ4v) is 2.00. The van der Waals surface area contributed by atoms with Crippen LogP contribution in [0, 0.1) is 21.7 Å². The predicted octanol–water partition coefficient (Wildman–Crippen LogP) is 3.19. The highest BCUT2D eigenvalue weighted by molar-refractivity contribution is 7.08. The van der Waals surface area contributed by atoms with E-state index in [2.05, 4.69) is 5.32 Å². The Kier molecular flexibility index (Phi) is 3.52. The second-order valence-electron chi connectivity index (χ2n) is 3.51. The molecule has 0 atom stereocenters. The van der Waals surface area contributed by atoms with Crippen LogP contribution in [-0.4, -0.2) is 10.8 Å². The van der Waals surface area contributed by atoms with Crippen molar-refractivity contribution in [3.8, 4) is 0 Å². The van der Waals surface area contributed by atoms with Gasteiger partial charge in [-0.15, -0.1) is 0 Å². The molecule has 2 aromatic rings. The van der Waals surface area contributed by atoms with Gasteiger partial charge in [-0.1, -0.05) is 0 Å². The van der Waals surface area contributed by atoms with Crippen LogP contribution in [0.3, 0.4) is 0 Å². The van der Waals surface area contributed by atoms with Gasteiger partial charge in [-0.3, -0.25) is 14.9 Å². The highest BCUT2D eigenvalue weighted by atomic mass is 32.1. The molecule has 98 valence electrons. The summed E-state index contributed by atoms with van der Waals surface area (Å²) in [4.78, 5) is 21.2. The summed E-state index contributed by atoms with van der Waals surface area (Å²) >= 11 is 1.27. The van der Waals surface area contributed by atoms with Crippen LogP contribution in [0.2, 0.25) is 0 Å². The number of thiophene rings is 1. The van der Waals surface area contributed by atoms with Gasteiger partial charge in [0.25, 0.3) is 5.91 Å². The van der Waals surface area contributed by atoms with Gasteiger partial charge in [0, 0.05) is 17.5 Å². The zero-order valence-electron chi connectivity index (χ0n) is 9.22. The van der Waals surface area contributed by atoms with Crippen molar-refractivity contribution in [2.24, 2.45) is 0 Å². The Morgan fingerprint density at radius 3 is 2.63 bits per heavy atom. The Labute approximate surface area is 109 Å². The van der Waals surface area contributed by atoms with E-state index in [9.17, 15) is 23.7 Å². The van der Waals surface area contributed by atoms with Crippen LogP contribution >= 0.6 is 11.3 Å². The van der Waals surface area contributed by atoms with Gasteiger partial charge in [0.05, 0.1) is 16.2 Å². The van der Waals surface area contributed by atoms with Crippen molar-refractivity contribution in [2.45, 2.75) is 0 Å². The van der Waals surface area contributed by atoms with Crippen molar-refractivity contribution in [2.75, 3.05) is 5.32 Å². The number of hydrogen-bond acceptors (Lipinski definition) is 4. The van der Waals surface area contributed by atoms with E-state index in [4.69, 9.17) is 0 Å². The summed E-state index contributed by atoms with van der Waals surface area (Å²) in [5, 5.41) is 15.9. The maximum atomic E-state index is 13.4. The molecule has 0 aliphatic carbocycles. The molecule has 0 unspecified atom stereocenters. The number of hydrogen-bond donors (Lipinski definition) is 1. The van der Waals surface area contributed by atoms with E-state index in [1.165, 1.54) is 22.8 Å². The second-order valence-corrected chi connectivity index (χ2v) is 4.29. The normalized spacial score (nSPS) is 10.2. The molecule has 0 aliphatic heterocycles. The van der Waals surface area contributed by atoms with Crippen molar-refractivity contribution in [3.05, 3.63) is 56.3 Å². The molecule has 8 heteroatoms. The highest BCUT2D eigenvalue weighted by Gasteiger charge is 2.20. The SMILES string of the molecule is O=C(Nc1cc([N+](=O)[O-])c(F)cc1F)c1ccsc1. The third kappa shape index (κ3) is 2.74. The molecule has 1 heterocycles. The second kappa shape index (κ2) is 5.11. The number of nitro groups is 1. The van der Waals surface area contributed by atoms with Gasteiger partial charge in [-0.25, -0.2) is 4.39 Å². The Morgan fingerprint density at radius 1 is 1.32 bits per heavy atom. The van der Waals surface area contributed by atoms with Crippen LogP contribution in [0.15, 0.2) is 29.0 Å². The summed E-state index contributed by atoms with van der Waals surface area (Å²) in [6.07, 6.45) is 0. The molecular weight excluding hydrogens is 278 g/mol. The van der Waals surface area contributed by atoms with E-state index in [0.717, 1.165) is 0 Å². The summed E-state index contributed by atoms with van der Waals surface area (Å²) in [6, 6.07) is 2.52. The highest BCUT2D eigenvalue weighted by Crippen LogP contribution is 2.25. The van der Waals surface area contributed by atoms with E-state index in [-0.39, 0.29) is 5.56 Å². The molecule has 2 rings (SSSR count). The molecule has 0 fully saturated rings. The molecule has 0 aliphatic rings. The monoisotopic (exact) mass is 284 g/mol. The van der Waals surface area contributed by atoms with Crippen molar-refractivity contribution >= 4 is 28.6 Å². The molecule has 19 heavy (non-hydrogen) atoms. The Morgan fingerprint density at radius 2 is 2.05 bits per heavy atom. The van der Waals surface area contributed by atoms with Gasteiger partial charge in [0.15, 0.2) is 0 Å². The maximum absolute atomic E-state index is 13.4. The molecule has 1 aromatic carbocycles. The lowest BCUT2D eigenvalue weighted by Crippen LogP contribution is -2.12. The topological polar surface area (TPSA) is 72.2 Å². The van der Waals surface area contributed by atoms with Gasteiger partial charge in [-0.2, -0.15) is 15.7 Å². The number of carbonyl (C=O) groups is 1. The number of rotatable bonds is 3. The van der Waals surface area contributed by atoms with Gasteiger partial charge in [0.1, 0.15) is 5.82 Å². The van der Waals surface area contributed by atoms with Crippen LogP contribution in [0.25, 0.3) is 0 Å².